The molecule has 0 aliphatic rings. The third-order valence-electron chi connectivity index (χ3n) is 2.60. The highest BCUT2D eigenvalue weighted by Gasteiger charge is 2.29. The van der Waals surface area contributed by atoms with Crippen LogP contribution in [-0.2, 0) is 0 Å². The van der Waals surface area contributed by atoms with Crippen LogP contribution in [0, 0.1) is 10.8 Å². The fourth-order valence-corrected chi connectivity index (χ4v) is 1.24. The van der Waals surface area contributed by atoms with E-state index in [-0.39, 0.29) is 24.3 Å². The molecule has 0 aliphatic heterocycles. The standard InChI is InChI=1S/C6H15N5.C6H14O6.ClH/c1-2-3-4-10-6(9)11-5(7)8;7-1-3(9)5(11)6(12)4(10)2-8;/h2-4H2,1H3,(H6,7,8,9,10,11);3-12H,1-2H2;1H/t;3-,4-,5-,6-;/m.1./s1. The summed E-state index contributed by atoms with van der Waals surface area (Å²) in [7, 11) is 0. The minimum absolute atomic E-state index is 0. The van der Waals surface area contributed by atoms with Gasteiger partial charge in [-0.05, 0) is 6.42 Å². The van der Waals surface area contributed by atoms with Gasteiger partial charge in [0.25, 0.3) is 0 Å². The zero-order valence-corrected chi connectivity index (χ0v) is 14.3. The van der Waals surface area contributed by atoms with Crippen LogP contribution >= 0.6 is 12.4 Å². The van der Waals surface area contributed by atoms with Gasteiger partial charge in [0.05, 0.1) is 13.2 Å². The molecule has 0 aromatic rings. The summed E-state index contributed by atoms with van der Waals surface area (Å²) in [5.41, 5.74) is 4.99. The van der Waals surface area contributed by atoms with Crippen molar-refractivity contribution < 1.29 is 30.6 Å². The normalized spacial score (nSPS) is 14.8. The molecule has 0 aromatic carbocycles. The largest absolute Gasteiger partial charge is 0.394 e. The van der Waals surface area contributed by atoms with Gasteiger partial charge in [0.15, 0.2) is 11.9 Å². The summed E-state index contributed by atoms with van der Waals surface area (Å²) in [4.78, 5) is 0. The van der Waals surface area contributed by atoms with Crippen molar-refractivity contribution in [3.63, 3.8) is 0 Å². The first-order valence-electron chi connectivity index (χ1n) is 7.08. The summed E-state index contributed by atoms with van der Waals surface area (Å²) in [6.07, 6.45) is -4.29. The second-order valence-corrected chi connectivity index (χ2v) is 4.68. The number of aliphatic hydroxyl groups excluding tert-OH is 6. The Labute approximate surface area is 146 Å². The van der Waals surface area contributed by atoms with Crippen molar-refractivity contribution in [3.05, 3.63) is 0 Å². The first-order chi connectivity index (χ1) is 10.7. The molecule has 0 fully saturated rings. The monoisotopic (exact) mass is 375 g/mol. The summed E-state index contributed by atoms with van der Waals surface area (Å²) in [6.45, 7) is 1.37. The Morgan fingerprint density at radius 1 is 1.00 bits per heavy atom. The average molecular weight is 376 g/mol. The van der Waals surface area contributed by atoms with Crippen molar-refractivity contribution in [3.8, 4) is 0 Å². The Balaban J connectivity index is -0.000000354. The van der Waals surface area contributed by atoms with Gasteiger partial charge in [-0.1, -0.05) is 13.3 Å². The van der Waals surface area contributed by atoms with Crippen molar-refractivity contribution in [2.75, 3.05) is 19.8 Å². The summed E-state index contributed by atoms with van der Waals surface area (Å²) in [6, 6.07) is 0. The van der Waals surface area contributed by atoms with Crippen LogP contribution in [-0.4, -0.2) is 86.7 Å². The molecule has 0 amide bonds. The lowest BCUT2D eigenvalue weighted by molar-refractivity contribution is -0.123. The molecule has 12 heteroatoms. The molecular formula is C12H30ClN5O6. The fraction of sp³-hybridized carbons (Fsp3) is 0.833. The van der Waals surface area contributed by atoms with E-state index < -0.39 is 37.6 Å². The molecule has 0 aliphatic carbocycles. The molecule has 4 atom stereocenters. The smallest absolute Gasteiger partial charge is 0.195 e. The maximum Gasteiger partial charge on any atom is 0.195 e. The number of guanidine groups is 2. The van der Waals surface area contributed by atoms with Crippen LogP contribution in [0.4, 0.5) is 0 Å². The highest BCUT2D eigenvalue weighted by atomic mass is 35.5. The van der Waals surface area contributed by atoms with Crippen LogP contribution in [0.15, 0.2) is 0 Å². The Hall–Kier alpha value is -1.21. The van der Waals surface area contributed by atoms with Gasteiger partial charge >= 0.3 is 0 Å². The van der Waals surface area contributed by atoms with Gasteiger partial charge in [0.2, 0.25) is 0 Å². The van der Waals surface area contributed by atoms with Gasteiger partial charge in [-0.3, -0.25) is 16.1 Å². The van der Waals surface area contributed by atoms with E-state index >= 15 is 0 Å². The maximum atomic E-state index is 8.96. The van der Waals surface area contributed by atoms with E-state index in [2.05, 4.69) is 17.6 Å². The van der Waals surface area contributed by atoms with Crippen molar-refractivity contribution >= 4 is 24.3 Å². The van der Waals surface area contributed by atoms with Crippen LogP contribution < -0.4 is 16.4 Å². The summed E-state index contributed by atoms with van der Waals surface area (Å²) in [5.74, 6) is -0.120. The maximum absolute atomic E-state index is 8.96. The first-order valence-corrected chi connectivity index (χ1v) is 7.08. The molecule has 0 bridgehead atoms. The predicted molar refractivity (Wildman–Crippen MR) is 91.1 cm³/mol. The number of aliphatic hydroxyl groups is 6. The van der Waals surface area contributed by atoms with Crippen molar-refractivity contribution in [2.45, 2.75) is 44.2 Å². The summed E-state index contributed by atoms with van der Waals surface area (Å²) in [5, 5.41) is 71.2. The highest BCUT2D eigenvalue weighted by molar-refractivity contribution is 5.94. The highest BCUT2D eigenvalue weighted by Crippen LogP contribution is 2.04. The molecule has 24 heavy (non-hydrogen) atoms. The molecule has 0 saturated heterocycles. The van der Waals surface area contributed by atoms with Crippen LogP contribution in [0.3, 0.4) is 0 Å². The van der Waals surface area contributed by atoms with E-state index in [0.717, 1.165) is 19.4 Å². The number of unbranched alkanes of at least 4 members (excludes halogenated alkanes) is 1. The van der Waals surface area contributed by atoms with E-state index in [0.29, 0.717) is 0 Å². The molecular weight excluding hydrogens is 346 g/mol. The minimum Gasteiger partial charge on any atom is -0.394 e. The zero-order chi connectivity index (χ0) is 18.4. The molecule has 0 saturated carbocycles. The summed E-state index contributed by atoms with van der Waals surface area (Å²) < 4.78 is 0. The number of nitrogens with one attached hydrogen (secondary N) is 4. The number of halogens is 1. The SMILES string of the molecule is CCCCNC(=N)NC(=N)N.Cl.OC[C@@H](O)[C@@H](O)[C@H](O)[C@H](O)CO. The van der Waals surface area contributed by atoms with Crippen molar-refractivity contribution in [2.24, 2.45) is 5.73 Å². The number of rotatable bonds is 8. The summed E-state index contributed by atoms with van der Waals surface area (Å²) >= 11 is 0. The Kier molecular flexibility index (Phi) is 19.2. The Morgan fingerprint density at radius 3 is 1.71 bits per heavy atom. The zero-order valence-electron chi connectivity index (χ0n) is 13.5. The van der Waals surface area contributed by atoms with E-state index in [1.807, 2.05) is 0 Å². The van der Waals surface area contributed by atoms with Gasteiger partial charge in [-0.2, -0.15) is 0 Å². The molecule has 0 radical (unpaired) electrons. The lowest BCUT2D eigenvalue weighted by atomic mass is 10.0. The van der Waals surface area contributed by atoms with Crippen LogP contribution in [0.25, 0.3) is 0 Å². The third-order valence-corrected chi connectivity index (χ3v) is 2.60. The fourth-order valence-electron chi connectivity index (χ4n) is 1.24. The van der Waals surface area contributed by atoms with E-state index in [9.17, 15) is 0 Å². The third kappa shape index (κ3) is 14.4. The van der Waals surface area contributed by atoms with E-state index in [1.165, 1.54) is 0 Å². The van der Waals surface area contributed by atoms with Gasteiger partial charge in [-0.25, -0.2) is 0 Å². The number of nitrogens with two attached hydrogens (primary N) is 1. The van der Waals surface area contributed by atoms with Gasteiger partial charge < -0.3 is 41.7 Å². The molecule has 0 unspecified atom stereocenters. The Morgan fingerprint density at radius 2 is 1.42 bits per heavy atom. The molecule has 0 rings (SSSR count). The van der Waals surface area contributed by atoms with E-state index in [1.54, 1.807) is 0 Å². The quantitative estimate of drug-likeness (QED) is 0.116. The molecule has 0 heterocycles. The predicted octanol–water partition coefficient (Wildman–Crippen LogP) is -3.37. The number of hydrogen-bond donors (Lipinski definition) is 11. The second kappa shape index (κ2) is 16.6. The lowest BCUT2D eigenvalue weighted by Gasteiger charge is -2.24. The topological polar surface area (TPSA) is 219 Å². The molecule has 0 spiro atoms. The van der Waals surface area contributed by atoms with Crippen molar-refractivity contribution in [1.82, 2.24) is 10.6 Å². The second-order valence-electron chi connectivity index (χ2n) is 4.68. The first kappa shape index (κ1) is 27.6. The lowest BCUT2D eigenvalue weighted by Crippen LogP contribution is -2.46. The minimum atomic E-state index is -1.67. The molecule has 146 valence electrons. The van der Waals surface area contributed by atoms with Crippen LogP contribution in [0.2, 0.25) is 0 Å². The average Bonchev–Trinajstić information content (AvgIpc) is 2.52. The van der Waals surface area contributed by atoms with Gasteiger partial charge in [0.1, 0.15) is 24.4 Å². The number of hydrogen-bond acceptors (Lipinski definition) is 8. The van der Waals surface area contributed by atoms with Crippen LogP contribution in [0.5, 0.6) is 0 Å². The molecule has 0 aromatic heterocycles. The van der Waals surface area contributed by atoms with E-state index in [4.69, 9.17) is 47.2 Å². The Bertz CT molecular complexity index is 325. The van der Waals surface area contributed by atoms with Gasteiger partial charge in [0, 0.05) is 6.54 Å². The molecule has 11 nitrogen and oxygen atoms in total. The molecule has 12 N–H and O–H groups in total. The van der Waals surface area contributed by atoms with Crippen molar-refractivity contribution in [1.29, 1.82) is 10.8 Å². The van der Waals surface area contributed by atoms with Crippen LogP contribution in [0.1, 0.15) is 19.8 Å². The van der Waals surface area contributed by atoms with Gasteiger partial charge in [-0.15, -0.1) is 12.4 Å².